The molecule has 1 aliphatic heterocycles. The first-order chi connectivity index (χ1) is 13.1. The van der Waals surface area contributed by atoms with Crippen LogP contribution in [0, 0.1) is 0 Å². The van der Waals surface area contributed by atoms with Gasteiger partial charge in [0, 0.05) is 51.1 Å². The fourth-order valence-electron chi connectivity index (χ4n) is 3.01. The molecular weight excluding hydrogens is 368 g/mol. The Morgan fingerprint density at radius 3 is 2.59 bits per heavy atom. The van der Waals surface area contributed by atoms with Gasteiger partial charge in [-0.25, -0.2) is 9.78 Å². The van der Waals surface area contributed by atoms with Crippen molar-refractivity contribution in [1.82, 2.24) is 20.1 Å². The van der Waals surface area contributed by atoms with Crippen molar-refractivity contribution in [2.75, 3.05) is 32.7 Å². The highest BCUT2D eigenvalue weighted by Gasteiger charge is 2.24. The topological polar surface area (TPSA) is 78.7 Å². The predicted octanol–water partition coefficient (Wildman–Crippen LogP) is 2.80. The minimum absolute atomic E-state index is 0.0445. The summed E-state index contributed by atoms with van der Waals surface area (Å²) in [7, 11) is 0. The highest BCUT2D eigenvalue weighted by Crippen LogP contribution is 2.28. The number of carbonyl (C=O) groups excluding carboxylic acids is 2. The number of rotatable bonds is 5. The maximum Gasteiger partial charge on any atom is 0.317 e. The molecule has 0 bridgehead atoms. The number of hydrogen-bond donors (Lipinski definition) is 1. The predicted molar refractivity (Wildman–Crippen MR) is 102 cm³/mol. The summed E-state index contributed by atoms with van der Waals surface area (Å²) in [6.45, 7) is 4.68. The molecule has 0 unspecified atom stereocenters. The van der Waals surface area contributed by atoms with Crippen LogP contribution in [0.15, 0.2) is 34.9 Å². The van der Waals surface area contributed by atoms with Gasteiger partial charge in [0.1, 0.15) is 0 Å². The van der Waals surface area contributed by atoms with Crippen LogP contribution in [0.1, 0.15) is 19.2 Å². The average Bonchev–Trinajstić information content (AvgIpc) is 3.15. The lowest BCUT2D eigenvalue weighted by molar-refractivity contribution is -0.132. The molecule has 0 saturated carbocycles. The molecule has 1 N–H and O–H groups in total. The number of aromatic nitrogens is 1. The average molecular weight is 391 g/mol. The molecule has 1 fully saturated rings. The summed E-state index contributed by atoms with van der Waals surface area (Å²) in [6.07, 6.45) is 2.38. The molecule has 2 heterocycles. The number of nitrogens with one attached hydrogen (secondary N) is 1. The number of piperazine rings is 1. The van der Waals surface area contributed by atoms with Crippen LogP contribution >= 0.6 is 11.6 Å². The zero-order chi connectivity index (χ0) is 19.2. The van der Waals surface area contributed by atoms with E-state index in [0.717, 1.165) is 5.56 Å². The number of urea groups is 1. The number of halogens is 1. The maximum atomic E-state index is 12.4. The van der Waals surface area contributed by atoms with Crippen LogP contribution in [-0.4, -0.2) is 59.4 Å². The third kappa shape index (κ3) is 4.80. The summed E-state index contributed by atoms with van der Waals surface area (Å²) in [4.78, 5) is 32.0. The van der Waals surface area contributed by atoms with Crippen LogP contribution < -0.4 is 5.32 Å². The van der Waals surface area contributed by atoms with E-state index < -0.39 is 0 Å². The fourth-order valence-corrected chi connectivity index (χ4v) is 3.23. The van der Waals surface area contributed by atoms with Gasteiger partial charge in [-0.05, 0) is 19.1 Å². The molecule has 144 valence electrons. The molecule has 1 aliphatic rings. The molecule has 1 aromatic carbocycles. The van der Waals surface area contributed by atoms with E-state index in [1.165, 1.54) is 0 Å². The number of oxazole rings is 1. The molecule has 0 atom stereocenters. The number of carbonyl (C=O) groups is 2. The van der Waals surface area contributed by atoms with Gasteiger partial charge < -0.3 is 19.5 Å². The molecule has 3 amide bonds. The monoisotopic (exact) mass is 390 g/mol. The minimum atomic E-state index is -0.0727. The number of hydrogen-bond acceptors (Lipinski definition) is 4. The molecule has 3 rings (SSSR count). The van der Waals surface area contributed by atoms with Crippen molar-refractivity contribution in [1.29, 1.82) is 0 Å². The highest BCUT2D eigenvalue weighted by atomic mass is 35.5. The Bertz CT molecular complexity index is 800. The Kier molecular flexibility index (Phi) is 6.34. The molecule has 27 heavy (non-hydrogen) atoms. The number of benzene rings is 1. The summed E-state index contributed by atoms with van der Waals surface area (Å²) in [6, 6.07) is 7.33. The zero-order valence-electron chi connectivity index (χ0n) is 15.3. The molecule has 0 radical (unpaired) electrons. The van der Waals surface area contributed by atoms with E-state index in [9.17, 15) is 9.59 Å². The van der Waals surface area contributed by atoms with E-state index in [1.54, 1.807) is 22.1 Å². The lowest BCUT2D eigenvalue weighted by Gasteiger charge is -2.34. The van der Waals surface area contributed by atoms with Crippen molar-refractivity contribution < 1.29 is 14.0 Å². The van der Waals surface area contributed by atoms with Crippen molar-refractivity contribution in [3.8, 4) is 11.3 Å². The number of aryl methyl sites for hydroxylation is 1. The van der Waals surface area contributed by atoms with E-state index in [4.69, 9.17) is 16.0 Å². The second-order valence-corrected chi connectivity index (χ2v) is 6.71. The largest absolute Gasteiger partial charge is 0.441 e. The summed E-state index contributed by atoms with van der Waals surface area (Å²) in [5.74, 6) is 1.15. The van der Waals surface area contributed by atoms with Crippen LogP contribution in [0.3, 0.4) is 0 Å². The normalized spacial score (nSPS) is 14.3. The lowest BCUT2D eigenvalue weighted by atomic mass is 10.2. The molecule has 0 aliphatic carbocycles. The molecule has 1 saturated heterocycles. The SMILES string of the molecule is CCNC(=O)N1CCN(C(=O)CCc2ncc(-c3ccccc3Cl)o2)CC1. The van der Waals surface area contributed by atoms with E-state index >= 15 is 0 Å². The van der Waals surface area contributed by atoms with E-state index in [-0.39, 0.29) is 11.9 Å². The van der Waals surface area contributed by atoms with Gasteiger partial charge in [-0.2, -0.15) is 0 Å². The van der Waals surface area contributed by atoms with Crippen molar-refractivity contribution in [2.24, 2.45) is 0 Å². The number of nitrogens with zero attached hydrogens (tertiary/aromatic N) is 3. The quantitative estimate of drug-likeness (QED) is 0.851. The molecule has 1 aromatic heterocycles. The third-order valence-electron chi connectivity index (χ3n) is 4.49. The van der Waals surface area contributed by atoms with Gasteiger partial charge in [-0.1, -0.05) is 23.7 Å². The first kappa shape index (κ1) is 19.2. The Morgan fingerprint density at radius 1 is 1.19 bits per heavy atom. The molecule has 0 spiro atoms. The summed E-state index contributed by atoms with van der Waals surface area (Å²) in [5.41, 5.74) is 0.783. The first-order valence-electron chi connectivity index (χ1n) is 9.08. The van der Waals surface area contributed by atoms with E-state index in [0.29, 0.717) is 62.2 Å². The Morgan fingerprint density at radius 2 is 1.89 bits per heavy atom. The highest BCUT2D eigenvalue weighted by molar-refractivity contribution is 6.33. The smallest absolute Gasteiger partial charge is 0.317 e. The minimum Gasteiger partial charge on any atom is -0.441 e. The van der Waals surface area contributed by atoms with Gasteiger partial charge in [-0.3, -0.25) is 4.79 Å². The fraction of sp³-hybridized carbons (Fsp3) is 0.421. The zero-order valence-corrected chi connectivity index (χ0v) is 16.0. The van der Waals surface area contributed by atoms with Crippen molar-refractivity contribution >= 4 is 23.5 Å². The lowest BCUT2D eigenvalue weighted by Crippen LogP contribution is -2.53. The van der Waals surface area contributed by atoms with Crippen LogP contribution in [0.2, 0.25) is 5.02 Å². The van der Waals surface area contributed by atoms with Gasteiger partial charge >= 0.3 is 6.03 Å². The van der Waals surface area contributed by atoms with Gasteiger partial charge in [0.05, 0.1) is 11.2 Å². The van der Waals surface area contributed by atoms with Crippen LogP contribution in [0.25, 0.3) is 11.3 Å². The molecule has 2 aromatic rings. The first-order valence-corrected chi connectivity index (χ1v) is 9.46. The standard InChI is InChI=1S/C19H23ClN4O3/c1-2-21-19(26)24-11-9-23(10-12-24)18(25)8-7-17-22-13-16(27-17)14-5-3-4-6-15(14)20/h3-6,13H,2,7-12H2,1H3,(H,21,26). The van der Waals surface area contributed by atoms with Crippen molar-refractivity contribution in [3.05, 3.63) is 41.4 Å². The van der Waals surface area contributed by atoms with Crippen LogP contribution in [0.5, 0.6) is 0 Å². The Balaban J connectivity index is 1.49. The second-order valence-electron chi connectivity index (χ2n) is 6.30. The molecular formula is C19H23ClN4O3. The molecule has 8 heteroatoms. The van der Waals surface area contributed by atoms with Gasteiger partial charge in [0.25, 0.3) is 0 Å². The summed E-state index contributed by atoms with van der Waals surface area (Å²) >= 11 is 6.17. The van der Waals surface area contributed by atoms with Gasteiger partial charge in [-0.15, -0.1) is 0 Å². The second kappa shape index (κ2) is 8.90. The Labute approximate surface area is 163 Å². The van der Waals surface area contributed by atoms with Crippen molar-refractivity contribution in [2.45, 2.75) is 19.8 Å². The molecule has 7 nitrogen and oxygen atoms in total. The third-order valence-corrected chi connectivity index (χ3v) is 4.82. The van der Waals surface area contributed by atoms with E-state index in [1.807, 2.05) is 25.1 Å². The van der Waals surface area contributed by atoms with Crippen molar-refractivity contribution in [3.63, 3.8) is 0 Å². The summed E-state index contributed by atoms with van der Waals surface area (Å²) in [5, 5.41) is 3.38. The number of amides is 3. The van der Waals surface area contributed by atoms with Gasteiger partial charge in [0.2, 0.25) is 5.91 Å². The van der Waals surface area contributed by atoms with Gasteiger partial charge in [0.15, 0.2) is 11.7 Å². The van der Waals surface area contributed by atoms with Crippen LogP contribution in [0.4, 0.5) is 4.79 Å². The van der Waals surface area contributed by atoms with E-state index in [2.05, 4.69) is 10.3 Å². The maximum absolute atomic E-state index is 12.4. The summed E-state index contributed by atoms with van der Waals surface area (Å²) < 4.78 is 5.74. The van der Waals surface area contributed by atoms with Crippen LogP contribution in [-0.2, 0) is 11.2 Å². The Hall–Kier alpha value is -2.54.